The minimum absolute atomic E-state index is 0.118. The van der Waals surface area contributed by atoms with Gasteiger partial charge in [0.2, 0.25) is 0 Å². The predicted molar refractivity (Wildman–Crippen MR) is 106 cm³/mol. The molecular formula is C22H22N2O3. The molecule has 1 amide bonds. The van der Waals surface area contributed by atoms with Gasteiger partial charge in [0.1, 0.15) is 11.3 Å². The first-order chi connectivity index (χ1) is 13.0. The van der Waals surface area contributed by atoms with Crippen LogP contribution in [0.5, 0.6) is 5.75 Å². The van der Waals surface area contributed by atoms with Gasteiger partial charge in [0.25, 0.3) is 11.5 Å². The first kappa shape index (κ1) is 18.5. The number of carbonyl (C=O) groups is 1. The lowest BCUT2D eigenvalue weighted by Gasteiger charge is -2.12. The molecule has 27 heavy (non-hydrogen) atoms. The monoisotopic (exact) mass is 362 g/mol. The summed E-state index contributed by atoms with van der Waals surface area (Å²) in [5.74, 6) is 0.361. The Bertz CT molecular complexity index is 1020. The first-order valence-corrected chi connectivity index (χ1v) is 8.70. The normalized spacial score (nSPS) is 10.5. The average Bonchev–Trinajstić information content (AvgIpc) is 2.68. The van der Waals surface area contributed by atoms with Crippen molar-refractivity contribution in [2.75, 3.05) is 7.11 Å². The van der Waals surface area contributed by atoms with Crippen molar-refractivity contribution < 1.29 is 9.53 Å². The third-order valence-electron chi connectivity index (χ3n) is 4.43. The molecule has 5 heteroatoms. The van der Waals surface area contributed by atoms with Crippen LogP contribution >= 0.6 is 0 Å². The summed E-state index contributed by atoms with van der Waals surface area (Å²) in [5.41, 5.74) is 3.51. The molecule has 0 atom stereocenters. The number of nitrogens with one attached hydrogen (secondary N) is 1. The minimum Gasteiger partial charge on any atom is -0.497 e. The number of methoxy groups -OCH3 is 1. The molecule has 138 valence electrons. The van der Waals surface area contributed by atoms with Gasteiger partial charge in [0.15, 0.2) is 0 Å². The van der Waals surface area contributed by atoms with E-state index in [0.717, 1.165) is 28.1 Å². The van der Waals surface area contributed by atoms with E-state index in [1.165, 1.54) is 4.57 Å². The van der Waals surface area contributed by atoms with Crippen LogP contribution in [-0.2, 0) is 6.54 Å². The van der Waals surface area contributed by atoms with Gasteiger partial charge in [-0.3, -0.25) is 14.2 Å². The molecule has 2 aromatic carbocycles. The van der Waals surface area contributed by atoms with E-state index in [2.05, 4.69) is 5.32 Å². The summed E-state index contributed by atoms with van der Waals surface area (Å²) in [5, 5.41) is 2.81. The molecule has 0 fully saturated rings. The van der Waals surface area contributed by atoms with Crippen LogP contribution in [0.3, 0.4) is 0 Å². The highest BCUT2D eigenvalue weighted by Crippen LogP contribution is 2.14. The van der Waals surface area contributed by atoms with Gasteiger partial charge in [0.05, 0.1) is 12.8 Å². The molecule has 1 heterocycles. The standard InChI is InChI=1S/C22H22N2O3/c1-15-6-7-16(2)20(13-15)24-12-4-5-19(22(24)26)21(25)23-14-17-8-10-18(27-3)11-9-17/h4-13H,14H2,1-3H3,(H,23,25). The van der Waals surface area contributed by atoms with Crippen molar-refractivity contribution in [3.05, 3.63) is 93.4 Å². The van der Waals surface area contributed by atoms with E-state index in [1.54, 1.807) is 25.4 Å². The molecule has 5 nitrogen and oxygen atoms in total. The molecule has 3 aromatic rings. The first-order valence-electron chi connectivity index (χ1n) is 8.70. The van der Waals surface area contributed by atoms with Gasteiger partial charge in [-0.05, 0) is 60.9 Å². The molecular weight excluding hydrogens is 340 g/mol. The van der Waals surface area contributed by atoms with Gasteiger partial charge < -0.3 is 10.1 Å². The lowest BCUT2D eigenvalue weighted by molar-refractivity contribution is 0.0949. The Morgan fingerprint density at radius 2 is 1.81 bits per heavy atom. The molecule has 3 rings (SSSR count). The van der Waals surface area contributed by atoms with Crippen molar-refractivity contribution in [3.63, 3.8) is 0 Å². The summed E-state index contributed by atoms with van der Waals surface area (Å²) in [6, 6.07) is 16.6. The molecule has 0 aliphatic heterocycles. The Hall–Kier alpha value is -3.34. The molecule has 0 saturated carbocycles. The summed E-state index contributed by atoms with van der Waals surface area (Å²) in [7, 11) is 1.60. The topological polar surface area (TPSA) is 60.3 Å². The van der Waals surface area contributed by atoms with E-state index >= 15 is 0 Å². The molecule has 0 aliphatic rings. The Morgan fingerprint density at radius 1 is 1.07 bits per heavy atom. The van der Waals surface area contributed by atoms with Gasteiger partial charge >= 0.3 is 0 Å². The summed E-state index contributed by atoms with van der Waals surface area (Å²) >= 11 is 0. The van der Waals surface area contributed by atoms with E-state index in [9.17, 15) is 9.59 Å². The minimum atomic E-state index is -0.393. The number of nitrogens with zero attached hydrogens (tertiary/aromatic N) is 1. The van der Waals surface area contributed by atoms with Gasteiger partial charge in [-0.2, -0.15) is 0 Å². The van der Waals surface area contributed by atoms with Crippen molar-refractivity contribution in [1.29, 1.82) is 0 Å². The fourth-order valence-corrected chi connectivity index (χ4v) is 2.86. The Labute approximate surface area is 158 Å². The number of carbonyl (C=O) groups excluding carboxylic acids is 1. The molecule has 0 aliphatic carbocycles. The average molecular weight is 362 g/mol. The molecule has 0 bridgehead atoms. The van der Waals surface area contributed by atoms with Crippen LogP contribution in [0, 0.1) is 13.8 Å². The second kappa shape index (κ2) is 7.91. The maximum absolute atomic E-state index is 12.9. The highest BCUT2D eigenvalue weighted by Gasteiger charge is 2.13. The lowest BCUT2D eigenvalue weighted by atomic mass is 10.1. The third-order valence-corrected chi connectivity index (χ3v) is 4.43. The molecule has 1 N–H and O–H groups in total. The van der Waals surface area contributed by atoms with E-state index in [-0.39, 0.29) is 11.1 Å². The van der Waals surface area contributed by atoms with E-state index < -0.39 is 5.91 Å². The van der Waals surface area contributed by atoms with Gasteiger partial charge in [0, 0.05) is 12.7 Å². The third kappa shape index (κ3) is 4.08. The second-order valence-corrected chi connectivity index (χ2v) is 6.42. The number of rotatable bonds is 5. The SMILES string of the molecule is COc1ccc(CNC(=O)c2cccn(-c3cc(C)ccc3C)c2=O)cc1. The number of ether oxygens (including phenoxy) is 1. The number of aryl methyl sites for hydroxylation is 2. The Morgan fingerprint density at radius 3 is 2.52 bits per heavy atom. The highest BCUT2D eigenvalue weighted by molar-refractivity contribution is 5.93. The Balaban J connectivity index is 1.83. The number of hydrogen-bond acceptors (Lipinski definition) is 3. The number of aromatic nitrogens is 1. The van der Waals surface area contributed by atoms with Crippen LogP contribution in [0.4, 0.5) is 0 Å². The smallest absolute Gasteiger partial charge is 0.267 e. The second-order valence-electron chi connectivity index (χ2n) is 6.42. The summed E-state index contributed by atoms with van der Waals surface area (Å²) in [6.07, 6.45) is 1.68. The van der Waals surface area contributed by atoms with E-state index in [0.29, 0.717) is 6.54 Å². The molecule has 0 saturated heterocycles. The van der Waals surface area contributed by atoms with Crippen LogP contribution in [-0.4, -0.2) is 17.6 Å². The maximum atomic E-state index is 12.9. The number of hydrogen-bond donors (Lipinski definition) is 1. The number of benzene rings is 2. The van der Waals surface area contributed by atoms with Crippen molar-refractivity contribution in [2.24, 2.45) is 0 Å². The fourth-order valence-electron chi connectivity index (χ4n) is 2.86. The van der Waals surface area contributed by atoms with Crippen LogP contribution in [0.1, 0.15) is 27.0 Å². The quantitative estimate of drug-likeness (QED) is 0.757. The zero-order valence-electron chi connectivity index (χ0n) is 15.7. The maximum Gasteiger partial charge on any atom is 0.267 e. The van der Waals surface area contributed by atoms with Crippen molar-refractivity contribution >= 4 is 5.91 Å². The van der Waals surface area contributed by atoms with E-state index in [4.69, 9.17) is 4.74 Å². The fraction of sp³-hybridized carbons (Fsp3) is 0.182. The van der Waals surface area contributed by atoms with Crippen molar-refractivity contribution in [3.8, 4) is 11.4 Å². The van der Waals surface area contributed by atoms with Gasteiger partial charge in [-0.1, -0.05) is 24.3 Å². The van der Waals surface area contributed by atoms with Gasteiger partial charge in [-0.15, -0.1) is 0 Å². The van der Waals surface area contributed by atoms with E-state index in [1.807, 2.05) is 56.3 Å². The van der Waals surface area contributed by atoms with Gasteiger partial charge in [-0.25, -0.2) is 0 Å². The summed E-state index contributed by atoms with van der Waals surface area (Å²) in [4.78, 5) is 25.4. The zero-order valence-corrected chi connectivity index (χ0v) is 15.7. The number of amides is 1. The van der Waals surface area contributed by atoms with Crippen LogP contribution in [0.2, 0.25) is 0 Å². The lowest BCUT2D eigenvalue weighted by Crippen LogP contribution is -2.32. The molecule has 1 aromatic heterocycles. The largest absolute Gasteiger partial charge is 0.497 e. The molecule has 0 unspecified atom stereocenters. The summed E-state index contributed by atoms with van der Waals surface area (Å²) in [6.45, 7) is 4.25. The van der Waals surface area contributed by atoms with Crippen LogP contribution in [0.25, 0.3) is 5.69 Å². The molecule has 0 spiro atoms. The zero-order chi connectivity index (χ0) is 19.4. The summed E-state index contributed by atoms with van der Waals surface area (Å²) < 4.78 is 6.64. The predicted octanol–water partition coefficient (Wildman–Crippen LogP) is 3.39. The Kier molecular flexibility index (Phi) is 5.41. The number of pyridine rings is 1. The van der Waals surface area contributed by atoms with Crippen molar-refractivity contribution in [2.45, 2.75) is 20.4 Å². The molecule has 0 radical (unpaired) electrons. The van der Waals surface area contributed by atoms with Crippen molar-refractivity contribution in [1.82, 2.24) is 9.88 Å². The van der Waals surface area contributed by atoms with Crippen LogP contribution < -0.4 is 15.6 Å². The highest BCUT2D eigenvalue weighted by atomic mass is 16.5. The van der Waals surface area contributed by atoms with Crippen LogP contribution in [0.15, 0.2) is 65.6 Å².